The van der Waals surface area contributed by atoms with E-state index < -0.39 is 0 Å². The van der Waals surface area contributed by atoms with E-state index in [0.717, 1.165) is 24.0 Å². The molecule has 2 atom stereocenters. The molecule has 1 aromatic heterocycles. The number of piperidine rings is 1. The van der Waals surface area contributed by atoms with Gasteiger partial charge in [-0.2, -0.15) is 0 Å². The van der Waals surface area contributed by atoms with Crippen LogP contribution in [-0.4, -0.2) is 22.6 Å². The third-order valence-corrected chi connectivity index (χ3v) is 4.46. The molecule has 2 heterocycles. The zero-order valence-electron chi connectivity index (χ0n) is 10.9. The Bertz CT molecular complexity index is 405. The lowest BCUT2D eigenvalue weighted by Crippen LogP contribution is -2.47. The Labute approximate surface area is 109 Å². The van der Waals surface area contributed by atoms with E-state index in [1.165, 1.54) is 38.5 Å². The summed E-state index contributed by atoms with van der Waals surface area (Å²) in [5.41, 5.74) is 6.74. The molecule has 1 saturated heterocycles. The maximum Gasteiger partial charge on any atom is 0.151 e. The number of hydrogen-bond donors (Lipinski definition) is 1. The molecule has 4 nitrogen and oxygen atoms in total. The summed E-state index contributed by atoms with van der Waals surface area (Å²) in [6, 6.07) is 0.675. The fourth-order valence-electron chi connectivity index (χ4n) is 3.63. The van der Waals surface area contributed by atoms with Crippen LogP contribution in [0.15, 0.2) is 12.4 Å². The number of aromatic nitrogens is 2. The zero-order chi connectivity index (χ0) is 12.4. The summed E-state index contributed by atoms with van der Waals surface area (Å²) in [7, 11) is 0. The van der Waals surface area contributed by atoms with Crippen molar-refractivity contribution in [3.05, 3.63) is 18.1 Å². The highest BCUT2D eigenvalue weighted by Crippen LogP contribution is 2.37. The minimum absolute atomic E-state index is 0.483. The van der Waals surface area contributed by atoms with E-state index in [1.807, 2.05) is 0 Å². The van der Waals surface area contributed by atoms with Crippen molar-refractivity contribution >= 4 is 5.82 Å². The lowest BCUT2D eigenvalue weighted by Gasteiger charge is -2.45. The standard InChI is InChI=1S/C14H22N4/c15-10-12-14(17-8-7-16-12)18-9-3-5-11-4-1-2-6-13(11)18/h7-8,11,13H,1-6,9-10,15H2. The van der Waals surface area contributed by atoms with Gasteiger partial charge in [0.1, 0.15) is 0 Å². The van der Waals surface area contributed by atoms with Gasteiger partial charge < -0.3 is 10.6 Å². The number of rotatable bonds is 2. The minimum atomic E-state index is 0.483. The van der Waals surface area contributed by atoms with Gasteiger partial charge in [0.25, 0.3) is 0 Å². The van der Waals surface area contributed by atoms with Gasteiger partial charge >= 0.3 is 0 Å². The molecule has 2 aliphatic rings. The molecule has 2 fully saturated rings. The highest BCUT2D eigenvalue weighted by atomic mass is 15.2. The van der Waals surface area contributed by atoms with Crippen LogP contribution in [0.25, 0.3) is 0 Å². The smallest absolute Gasteiger partial charge is 0.151 e. The van der Waals surface area contributed by atoms with E-state index in [9.17, 15) is 0 Å². The predicted octanol–water partition coefficient (Wildman–Crippen LogP) is 2.09. The molecule has 1 saturated carbocycles. The average molecular weight is 246 g/mol. The topological polar surface area (TPSA) is 55.0 Å². The van der Waals surface area contributed by atoms with E-state index >= 15 is 0 Å². The van der Waals surface area contributed by atoms with Crippen LogP contribution in [-0.2, 0) is 6.54 Å². The molecule has 4 heteroatoms. The summed E-state index contributed by atoms with van der Waals surface area (Å²) in [6.07, 6.45) is 11.7. The summed E-state index contributed by atoms with van der Waals surface area (Å²) in [4.78, 5) is 11.4. The first-order chi connectivity index (χ1) is 8.90. The Morgan fingerprint density at radius 3 is 2.78 bits per heavy atom. The molecule has 1 aliphatic heterocycles. The van der Waals surface area contributed by atoms with E-state index in [0.29, 0.717) is 12.6 Å². The van der Waals surface area contributed by atoms with Gasteiger partial charge in [-0.3, -0.25) is 4.98 Å². The van der Waals surface area contributed by atoms with Crippen LogP contribution in [0.3, 0.4) is 0 Å². The first kappa shape index (κ1) is 11.9. The Balaban J connectivity index is 1.89. The van der Waals surface area contributed by atoms with Crippen molar-refractivity contribution in [1.29, 1.82) is 0 Å². The number of anilines is 1. The number of fused-ring (bicyclic) bond motifs is 1. The second-order valence-corrected chi connectivity index (χ2v) is 5.48. The zero-order valence-corrected chi connectivity index (χ0v) is 10.9. The van der Waals surface area contributed by atoms with E-state index in [2.05, 4.69) is 14.9 Å². The van der Waals surface area contributed by atoms with Crippen molar-refractivity contribution in [2.75, 3.05) is 11.4 Å². The second-order valence-electron chi connectivity index (χ2n) is 5.48. The molecular weight excluding hydrogens is 224 g/mol. The van der Waals surface area contributed by atoms with Gasteiger partial charge in [-0.05, 0) is 31.6 Å². The molecule has 2 N–H and O–H groups in total. The van der Waals surface area contributed by atoms with Gasteiger partial charge in [0, 0.05) is 31.5 Å². The van der Waals surface area contributed by atoms with Crippen LogP contribution in [0, 0.1) is 5.92 Å². The van der Waals surface area contributed by atoms with Crippen molar-refractivity contribution in [3.8, 4) is 0 Å². The quantitative estimate of drug-likeness (QED) is 0.868. The van der Waals surface area contributed by atoms with Crippen LogP contribution in [0.1, 0.15) is 44.2 Å². The van der Waals surface area contributed by atoms with Crippen LogP contribution in [0.5, 0.6) is 0 Å². The molecule has 0 aromatic carbocycles. The molecule has 2 unspecified atom stereocenters. The Kier molecular flexibility index (Phi) is 3.46. The first-order valence-corrected chi connectivity index (χ1v) is 7.16. The van der Waals surface area contributed by atoms with Crippen LogP contribution in [0.4, 0.5) is 5.82 Å². The molecule has 1 aromatic rings. The maximum absolute atomic E-state index is 5.80. The molecule has 0 amide bonds. The normalized spacial score (nSPS) is 27.9. The van der Waals surface area contributed by atoms with Crippen LogP contribution >= 0.6 is 0 Å². The molecule has 98 valence electrons. The molecule has 1 aliphatic carbocycles. The van der Waals surface area contributed by atoms with Gasteiger partial charge in [-0.1, -0.05) is 12.8 Å². The van der Waals surface area contributed by atoms with Crippen LogP contribution < -0.4 is 10.6 Å². The Morgan fingerprint density at radius 1 is 1.11 bits per heavy atom. The third-order valence-electron chi connectivity index (χ3n) is 4.46. The predicted molar refractivity (Wildman–Crippen MR) is 72.2 cm³/mol. The summed E-state index contributed by atoms with van der Waals surface area (Å²) in [5, 5.41) is 0. The largest absolute Gasteiger partial charge is 0.352 e. The minimum Gasteiger partial charge on any atom is -0.352 e. The summed E-state index contributed by atoms with van der Waals surface area (Å²) < 4.78 is 0. The summed E-state index contributed by atoms with van der Waals surface area (Å²) in [6.45, 7) is 1.60. The monoisotopic (exact) mass is 246 g/mol. The molecule has 0 spiro atoms. The maximum atomic E-state index is 5.80. The van der Waals surface area contributed by atoms with E-state index in [4.69, 9.17) is 5.73 Å². The van der Waals surface area contributed by atoms with E-state index in [1.54, 1.807) is 12.4 Å². The highest BCUT2D eigenvalue weighted by Gasteiger charge is 2.34. The molecule has 0 bridgehead atoms. The van der Waals surface area contributed by atoms with Gasteiger partial charge in [0.15, 0.2) is 5.82 Å². The van der Waals surface area contributed by atoms with Crippen molar-refractivity contribution in [1.82, 2.24) is 9.97 Å². The average Bonchev–Trinajstić information content (AvgIpc) is 2.46. The molecule has 18 heavy (non-hydrogen) atoms. The molecule has 3 rings (SSSR count). The number of nitrogens with two attached hydrogens (primary N) is 1. The fraction of sp³-hybridized carbons (Fsp3) is 0.714. The summed E-state index contributed by atoms with van der Waals surface area (Å²) >= 11 is 0. The SMILES string of the molecule is NCc1nccnc1N1CCCC2CCCCC21. The molecular formula is C14H22N4. The third kappa shape index (κ3) is 2.09. The van der Waals surface area contributed by atoms with Crippen molar-refractivity contribution in [3.63, 3.8) is 0 Å². The van der Waals surface area contributed by atoms with Crippen molar-refractivity contribution < 1.29 is 0 Å². The number of hydrogen-bond acceptors (Lipinski definition) is 4. The lowest BCUT2D eigenvalue weighted by molar-refractivity contribution is 0.242. The highest BCUT2D eigenvalue weighted by molar-refractivity contribution is 5.45. The van der Waals surface area contributed by atoms with Gasteiger partial charge in [-0.15, -0.1) is 0 Å². The van der Waals surface area contributed by atoms with Gasteiger partial charge in [0.05, 0.1) is 5.69 Å². The van der Waals surface area contributed by atoms with Crippen LogP contribution in [0.2, 0.25) is 0 Å². The fourth-order valence-corrected chi connectivity index (χ4v) is 3.63. The lowest BCUT2D eigenvalue weighted by atomic mass is 9.78. The number of nitrogens with zero attached hydrogens (tertiary/aromatic N) is 3. The van der Waals surface area contributed by atoms with Gasteiger partial charge in [-0.25, -0.2) is 4.98 Å². The van der Waals surface area contributed by atoms with Gasteiger partial charge in [0.2, 0.25) is 0 Å². The molecule has 0 radical (unpaired) electrons. The Hall–Kier alpha value is -1.16. The van der Waals surface area contributed by atoms with E-state index in [-0.39, 0.29) is 0 Å². The summed E-state index contributed by atoms with van der Waals surface area (Å²) in [5.74, 6) is 1.90. The second kappa shape index (κ2) is 5.22. The van der Waals surface area contributed by atoms with Crippen molar-refractivity contribution in [2.24, 2.45) is 11.7 Å². The Morgan fingerprint density at radius 2 is 1.89 bits per heavy atom. The van der Waals surface area contributed by atoms with Crippen molar-refractivity contribution in [2.45, 2.75) is 51.1 Å². The first-order valence-electron chi connectivity index (χ1n) is 7.16.